The van der Waals surface area contributed by atoms with Gasteiger partial charge in [-0.15, -0.1) is 0 Å². The largest absolute Gasteiger partial charge is 0.503 e. The van der Waals surface area contributed by atoms with Crippen molar-refractivity contribution in [2.45, 2.75) is 45.3 Å². The van der Waals surface area contributed by atoms with Crippen molar-refractivity contribution in [1.29, 1.82) is 0 Å². The highest BCUT2D eigenvalue weighted by atomic mass is 16.5. The van der Waals surface area contributed by atoms with Crippen LogP contribution in [0.2, 0.25) is 0 Å². The molecule has 2 aromatic rings. The zero-order valence-electron chi connectivity index (χ0n) is 18.9. The minimum absolute atomic E-state index is 0.0787. The first kappa shape index (κ1) is 23.5. The zero-order valence-corrected chi connectivity index (χ0v) is 18.9. The number of hydrogen-bond acceptors (Lipinski definition) is 5. The van der Waals surface area contributed by atoms with E-state index in [1.54, 1.807) is 12.0 Å². The molecule has 2 aromatic carbocycles. The van der Waals surface area contributed by atoms with Crippen molar-refractivity contribution in [3.63, 3.8) is 0 Å². The van der Waals surface area contributed by atoms with Crippen molar-refractivity contribution in [2.24, 2.45) is 0 Å². The monoisotopic (exact) mass is 437 g/mol. The van der Waals surface area contributed by atoms with E-state index in [1.165, 1.54) is 0 Å². The van der Waals surface area contributed by atoms with Gasteiger partial charge in [0, 0.05) is 32.2 Å². The Morgan fingerprint density at radius 1 is 1.09 bits per heavy atom. The third kappa shape index (κ3) is 5.37. The Morgan fingerprint density at radius 3 is 2.47 bits per heavy atom. The summed E-state index contributed by atoms with van der Waals surface area (Å²) in [6.07, 6.45) is 1.24. The van der Waals surface area contributed by atoms with Crippen molar-refractivity contribution in [1.82, 2.24) is 4.90 Å². The van der Waals surface area contributed by atoms with Crippen LogP contribution in [0.3, 0.4) is 0 Å². The number of ketones is 1. The van der Waals surface area contributed by atoms with E-state index in [-0.39, 0.29) is 23.9 Å². The smallest absolute Gasteiger partial charge is 0.290 e. The van der Waals surface area contributed by atoms with Crippen LogP contribution in [0.25, 0.3) is 0 Å². The van der Waals surface area contributed by atoms with Crippen LogP contribution in [0, 0.1) is 0 Å². The maximum absolute atomic E-state index is 13.3. The maximum atomic E-state index is 13.3. The van der Waals surface area contributed by atoms with E-state index >= 15 is 0 Å². The predicted molar refractivity (Wildman–Crippen MR) is 123 cm³/mol. The van der Waals surface area contributed by atoms with Crippen LogP contribution in [-0.2, 0) is 20.7 Å². The van der Waals surface area contributed by atoms with Gasteiger partial charge in [-0.05, 0) is 38.3 Å². The lowest BCUT2D eigenvalue weighted by molar-refractivity contribution is -0.129. The summed E-state index contributed by atoms with van der Waals surface area (Å²) in [5, 5.41) is 10.8. The Kier molecular flexibility index (Phi) is 8.06. The van der Waals surface area contributed by atoms with Crippen molar-refractivity contribution in [2.75, 3.05) is 20.3 Å². The molecule has 32 heavy (non-hydrogen) atoms. The summed E-state index contributed by atoms with van der Waals surface area (Å²) in [5.74, 6) is -0.642. The normalized spacial score (nSPS) is 16.2. The lowest BCUT2D eigenvalue weighted by Gasteiger charge is -2.28. The minimum Gasteiger partial charge on any atom is -0.503 e. The molecule has 1 unspecified atom stereocenters. The third-order valence-corrected chi connectivity index (χ3v) is 5.41. The quantitative estimate of drug-likeness (QED) is 0.527. The van der Waals surface area contributed by atoms with Gasteiger partial charge in [-0.2, -0.15) is 0 Å². The number of amides is 1. The highest BCUT2D eigenvalue weighted by Gasteiger charge is 2.44. The first-order chi connectivity index (χ1) is 15.4. The van der Waals surface area contributed by atoms with E-state index in [9.17, 15) is 14.7 Å². The molecule has 1 amide bonds. The Morgan fingerprint density at radius 2 is 1.78 bits per heavy atom. The number of hydrogen-bond donors (Lipinski definition) is 1. The molecule has 0 aromatic heterocycles. The summed E-state index contributed by atoms with van der Waals surface area (Å²) in [5.41, 5.74) is 1.87. The Labute approximate surface area is 189 Å². The van der Waals surface area contributed by atoms with Gasteiger partial charge >= 0.3 is 0 Å². The summed E-state index contributed by atoms with van der Waals surface area (Å²) < 4.78 is 11.1. The number of nitrogens with zero attached hydrogens (tertiary/aromatic N) is 1. The molecule has 0 bridgehead atoms. The summed E-state index contributed by atoms with van der Waals surface area (Å²) in [4.78, 5) is 27.8. The fourth-order valence-corrected chi connectivity index (χ4v) is 3.98. The molecule has 0 saturated heterocycles. The van der Waals surface area contributed by atoms with Gasteiger partial charge in [0.25, 0.3) is 5.91 Å². The van der Waals surface area contributed by atoms with Crippen LogP contribution in [0.15, 0.2) is 65.9 Å². The lowest BCUT2D eigenvalue weighted by atomic mass is 9.92. The Hall–Kier alpha value is -3.12. The molecule has 1 aliphatic rings. The minimum atomic E-state index is -0.697. The molecule has 6 heteroatoms. The SMILES string of the molecule is COCCCN1C(=O)C(O)=C(C(=O)CCc2ccccc2)C1c1ccccc1OC(C)C. The number of carbonyl (C=O) groups excluding carboxylic acids is 2. The number of aliphatic hydroxyl groups is 1. The van der Waals surface area contributed by atoms with Crippen LogP contribution >= 0.6 is 0 Å². The highest BCUT2D eigenvalue weighted by molar-refractivity contribution is 6.09. The first-order valence-corrected chi connectivity index (χ1v) is 11.0. The predicted octanol–water partition coefficient (Wildman–Crippen LogP) is 4.41. The molecule has 0 radical (unpaired) electrons. The fraction of sp³-hybridized carbons (Fsp3) is 0.385. The van der Waals surface area contributed by atoms with Crippen molar-refractivity contribution >= 4 is 11.7 Å². The summed E-state index contributed by atoms with van der Waals surface area (Å²) in [6.45, 7) is 4.67. The maximum Gasteiger partial charge on any atom is 0.290 e. The molecule has 3 rings (SSSR count). The van der Waals surface area contributed by atoms with Crippen molar-refractivity contribution < 1.29 is 24.2 Å². The molecule has 0 fully saturated rings. The molecule has 1 aliphatic heterocycles. The van der Waals surface area contributed by atoms with Crippen LogP contribution in [-0.4, -0.2) is 48.1 Å². The Bertz CT molecular complexity index is 967. The van der Waals surface area contributed by atoms with E-state index in [0.29, 0.717) is 37.3 Å². The van der Waals surface area contributed by atoms with Crippen molar-refractivity contribution in [3.05, 3.63) is 77.1 Å². The summed E-state index contributed by atoms with van der Waals surface area (Å²) in [6, 6.07) is 16.4. The van der Waals surface area contributed by atoms with E-state index in [1.807, 2.05) is 68.4 Å². The average molecular weight is 438 g/mol. The van der Waals surface area contributed by atoms with Gasteiger partial charge in [0.15, 0.2) is 11.5 Å². The van der Waals surface area contributed by atoms with Crippen LogP contribution in [0.4, 0.5) is 0 Å². The van der Waals surface area contributed by atoms with Crippen LogP contribution < -0.4 is 4.74 Å². The van der Waals surface area contributed by atoms with Gasteiger partial charge in [-0.25, -0.2) is 0 Å². The summed E-state index contributed by atoms with van der Waals surface area (Å²) >= 11 is 0. The molecule has 1 N–H and O–H groups in total. The Balaban J connectivity index is 1.95. The van der Waals surface area contributed by atoms with Gasteiger partial charge in [0.05, 0.1) is 17.7 Å². The lowest BCUT2D eigenvalue weighted by Crippen LogP contribution is -2.33. The van der Waals surface area contributed by atoms with Crippen molar-refractivity contribution in [3.8, 4) is 5.75 Å². The topological polar surface area (TPSA) is 76.1 Å². The van der Waals surface area contributed by atoms with Crippen LogP contribution in [0.1, 0.15) is 43.9 Å². The second-order valence-electron chi connectivity index (χ2n) is 8.12. The van der Waals surface area contributed by atoms with E-state index in [0.717, 1.165) is 5.56 Å². The van der Waals surface area contributed by atoms with Gasteiger partial charge in [0.1, 0.15) is 5.75 Å². The second-order valence-corrected chi connectivity index (χ2v) is 8.12. The standard InChI is InChI=1S/C26H31NO5/c1-18(2)32-22-13-8-7-12-20(22)24-23(21(28)15-14-19-10-5-4-6-11-19)25(29)26(30)27(24)16-9-17-31-3/h4-8,10-13,18,24,29H,9,14-17H2,1-3H3. The number of rotatable bonds is 11. The third-order valence-electron chi connectivity index (χ3n) is 5.41. The number of benzene rings is 2. The molecule has 0 saturated carbocycles. The van der Waals surface area contributed by atoms with E-state index in [2.05, 4.69) is 0 Å². The molecule has 1 heterocycles. The molecule has 170 valence electrons. The molecule has 0 aliphatic carbocycles. The number of aliphatic hydroxyl groups excluding tert-OH is 1. The molecule has 0 spiro atoms. The fourth-order valence-electron chi connectivity index (χ4n) is 3.98. The summed E-state index contributed by atoms with van der Waals surface area (Å²) in [7, 11) is 1.60. The van der Waals surface area contributed by atoms with Gasteiger partial charge in [-0.3, -0.25) is 9.59 Å². The number of para-hydroxylation sites is 1. The number of ether oxygens (including phenoxy) is 2. The highest BCUT2D eigenvalue weighted by Crippen LogP contribution is 2.42. The molecule has 1 atom stereocenters. The average Bonchev–Trinajstić information content (AvgIpc) is 3.03. The van der Waals surface area contributed by atoms with E-state index < -0.39 is 17.7 Å². The molecule has 6 nitrogen and oxygen atoms in total. The molecular weight excluding hydrogens is 406 g/mol. The van der Waals surface area contributed by atoms with E-state index in [4.69, 9.17) is 9.47 Å². The zero-order chi connectivity index (χ0) is 23.1. The van der Waals surface area contributed by atoms with Gasteiger partial charge in [-0.1, -0.05) is 48.5 Å². The van der Waals surface area contributed by atoms with Crippen LogP contribution in [0.5, 0.6) is 5.75 Å². The van der Waals surface area contributed by atoms with Gasteiger partial charge in [0.2, 0.25) is 0 Å². The van der Waals surface area contributed by atoms with Gasteiger partial charge < -0.3 is 19.5 Å². The first-order valence-electron chi connectivity index (χ1n) is 11.0. The molecular formula is C26H31NO5. The second kappa shape index (κ2) is 11.0. The number of methoxy groups -OCH3 is 1. The number of Topliss-reactive ketones (excluding diaryl/α,β-unsaturated/α-hetero) is 1. The number of aryl methyl sites for hydroxylation is 1. The number of carbonyl (C=O) groups is 2.